The van der Waals surface area contributed by atoms with Crippen LogP contribution in [0.5, 0.6) is 0 Å². The van der Waals surface area contributed by atoms with Crippen molar-refractivity contribution in [1.82, 2.24) is 4.31 Å². The molecule has 3 rings (SSSR count). The molecule has 0 bridgehead atoms. The number of sulfonamides is 1. The largest absolute Gasteiger partial charge is 0.463 e. The number of hydrogen-bond acceptors (Lipinski definition) is 3. The van der Waals surface area contributed by atoms with Crippen LogP contribution >= 0.6 is 0 Å². The van der Waals surface area contributed by atoms with Crippen LogP contribution in [0.25, 0.3) is 0 Å². The number of piperazine rings is 1. The summed E-state index contributed by atoms with van der Waals surface area (Å²) in [6, 6.07) is 10.9. The van der Waals surface area contributed by atoms with Crippen molar-refractivity contribution >= 4 is 10.0 Å². The van der Waals surface area contributed by atoms with Gasteiger partial charge in [0.05, 0.1) is 37.3 Å². The van der Waals surface area contributed by atoms with Gasteiger partial charge in [0, 0.05) is 0 Å². The molecule has 2 aromatic rings. The number of benzene rings is 1. The van der Waals surface area contributed by atoms with Crippen LogP contribution in [0.2, 0.25) is 0 Å². The summed E-state index contributed by atoms with van der Waals surface area (Å²) in [6.07, 6.45) is 1.67. The lowest BCUT2D eigenvalue weighted by atomic mass is 10.2. The summed E-state index contributed by atoms with van der Waals surface area (Å²) < 4.78 is 32.2. The van der Waals surface area contributed by atoms with Gasteiger partial charge < -0.3 is 9.32 Å². The molecule has 1 fully saturated rings. The predicted octanol–water partition coefficient (Wildman–Crippen LogP) is 0.677. The zero-order chi connectivity index (χ0) is 15.6. The third kappa shape index (κ3) is 3.24. The summed E-state index contributed by atoms with van der Waals surface area (Å²) in [7, 11) is -3.37. The summed E-state index contributed by atoms with van der Waals surface area (Å²) in [5, 5.41) is 0. The van der Waals surface area contributed by atoms with Gasteiger partial charge in [0.2, 0.25) is 10.0 Å². The van der Waals surface area contributed by atoms with Gasteiger partial charge in [-0.25, -0.2) is 8.42 Å². The Bertz CT molecular complexity index is 700. The van der Waals surface area contributed by atoms with Gasteiger partial charge in [-0.15, -0.1) is 0 Å². The van der Waals surface area contributed by atoms with Crippen molar-refractivity contribution in [3.63, 3.8) is 0 Å². The summed E-state index contributed by atoms with van der Waals surface area (Å²) >= 11 is 0. The molecule has 0 radical (unpaired) electrons. The molecule has 0 unspecified atom stereocenters. The van der Waals surface area contributed by atoms with E-state index < -0.39 is 10.0 Å². The highest BCUT2D eigenvalue weighted by molar-refractivity contribution is 7.89. The SMILES string of the molecule is Cc1ccc(S(=O)(=O)N2CC[NH+](Cc3ccco3)CC2)cc1. The molecule has 0 aliphatic carbocycles. The number of quaternary nitrogens is 1. The van der Waals surface area contributed by atoms with Crippen LogP contribution in [0.15, 0.2) is 52.0 Å². The third-order valence-corrected chi connectivity index (χ3v) is 6.01. The number of furan rings is 1. The first-order chi connectivity index (χ1) is 10.6. The molecule has 2 heterocycles. The van der Waals surface area contributed by atoms with Crippen molar-refractivity contribution in [3.8, 4) is 0 Å². The van der Waals surface area contributed by atoms with Crippen LogP contribution in [-0.2, 0) is 16.6 Å². The van der Waals surface area contributed by atoms with Crippen molar-refractivity contribution in [1.29, 1.82) is 0 Å². The van der Waals surface area contributed by atoms with Crippen molar-refractivity contribution in [3.05, 3.63) is 54.0 Å². The molecule has 1 saturated heterocycles. The maximum atomic E-state index is 12.6. The minimum Gasteiger partial charge on any atom is -0.463 e. The summed E-state index contributed by atoms with van der Waals surface area (Å²) in [5.41, 5.74) is 1.06. The highest BCUT2D eigenvalue weighted by Crippen LogP contribution is 2.16. The Morgan fingerprint density at radius 2 is 1.82 bits per heavy atom. The second-order valence-corrected chi connectivity index (χ2v) is 7.66. The number of rotatable bonds is 4. The normalized spacial score (nSPS) is 17.7. The lowest BCUT2D eigenvalue weighted by Crippen LogP contribution is -3.13. The summed E-state index contributed by atoms with van der Waals surface area (Å²) in [4.78, 5) is 1.73. The van der Waals surface area contributed by atoms with Crippen LogP contribution in [0, 0.1) is 6.92 Å². The molecule has 6 heteroatoms. The first-order valence-electron chi connectivity index (χ1n) is 7.48. The van der Waals surface area contributed by atoms with E-state index in [0.717, 1.165) is 31.0 Å². The number of nitrogens with zero attached hydrogens (tertiary/aromatic N) is 1. The van der Waals surface area contributed by atoms with Crippen molar-refractivity contribution in [2.24, 2.45) is 0 Å². The summed E-state index contributed by atoms with van der Waals surface area (Å²) in [5.74, 6) is 0.949. The smallest absolute Gasteiger partial charge is 0.243 e. The fraction of sp³-hybridized carbons (Fsp3) is 0.375. The maximum absolute atomic E-state index is 12.6. The highest BCUT2D eigenvalue weighted by Gasteiger charge is 2.30. The molecule has 0 spiro atoms. The molecule has 1 N–H and O–H groups in total. The fourth-order valence-electron chi connectivity index (χ4n) is 2.74. The minimum absolute atomic E-state index is 0.382. The van der Waals surface area contributed by atoms with Gasteiger partial charge in [0.15, 0.2) is 5.76 Å². The number of aryl methyl sites for hydroxylation is 1. The zero-order valence-corrected chi connectivity index (χ0v) is 13.5. The fourth-order valence-corrected chi connectivity index (χ4v) is 4.18. The Labute approximate surface area is 131 Å². The van der Waals surface area contributed by atoms with Gasteiger partial charge >= 0.3 is 0 Å². The van der Waals surface area contributed by atoms with Crippen LogP contribution < -0.4 is 4.90 Å². The zero-order valence-electron chi connectivity index (χ0n) is 12.7. The van der Waals surface area contributed by atoms with E-state index >= 15 is 0 Å². The van der Waals surface area contributed by atoms with Crippen LogP contribution in [0.1, 0.15) is 11.3 Å². The Morgan fingerprint density at radius 1 is 1.14 bits per heavy atom. The molecule has 0 atom stereocenters. The van der Waals surface area contributed by atoms with E-state index in [1.54, 1.807) is 22.7 Å². The van der Waals surface area contributed by atoms with Gasteiger partial charge in [-0.05, 0) is 31.2 Å². The average Bonchev–Trinajstić information content (AvgIpc) is 3.01. The molecular formula is C16H21N2O3S+. The molecule has 0 amide bonds. The Hall–Kier alpha value is -1.63. The molecule has 0 saturated carbocycles. The lowest BCUT2D eigenvalue weighted by molar-refractivity contribution is -0.918. The van der Waals surface area contributed by atoms with E-state index in [1.165, 1.54) is 4.90 Å². The molecule has 118 valence electrons. The van der Waals surface area contributed by atoms with Gasteiger partial charge in [-0.3, -0.25) is 0 Å². The molecular weight excluding hydrogens is 300 g/mol. The lowest BCUT2D eigenvalue weighted by Gasteiger charge is -2.31. The van der Waals surface area contributed by atoms with Gasteiger partial charge in [0.25, 0.3) is 0 Å². The van der Waals surface area contributed by atoms with Gasteiger partial charge in [0.1, 0.15) is 6.54 Å². The third-order valence-electron chi connectivity index (χ3n) is 4.09. The molecule has 1 aromatic heterocycles. The van der Waals surface area contributed by atoms with E-state index in [1.807, 2.05) is 31.2 Å². The molecule has 22 heavy (non-hydrogen) atoms. The molecule has 1 aliphatic heterocycles. The maximum Gasteiger partial charge on any atom is 0.243 e. The van der Waals surface area contributed by atoms with Crippen molar-refractivity contribution < 1.29 is 17.7 Å². The topological polar surface area (TPSA) is 55.0 Å². The second-order valence-electron chi connectivity index (χ2n) is 5.72. The van der Waals surface area contributed by atoms with Crippen molar-refractivity contribution in [2.45, 2.75) is 18.4 Å². The monoisotopic (exact) mass is 321 g/mol. The molecule has 1 aromatic carbocycles. The van der Waals surface area contributed by atoms with E-state index in [0.29, 0.717) is 18.0 Å². The van der Waals surface area contributed by atoms with Crippen LogP contribution in [0.4, 0.5) is 0 Å². The van der Waals surface area contributed by atoms with Gasteiger partial charge in [-0.2, -0.15) is 4.31 Å². The Morgan fingerprint density at radius 3 is 2.41 bits per heavy atom. The standard InChI is InChI=1S/C16H20N2O3S/c1-14-4-6-16(7-5-14)22(19,20)18-10-8-17(9-11-18)13-15-3-2-12-21-15/h2-7,12H,8-11,13H2,1H3/p+1. The van der Waals surface area contributed by atoms with Gasteiger partial charge in [-0.1, -0.05) is 17.7 Å². The van der Waals surface area contributed by atoms with E-state index in [2.05, 4.69) is 0 Å². The average molecular weight is 321 g/mol. The molecule has 1 aliphatic rings. The van der Waals surface area contributed by atoms with E-state index in [9.17, 15) is 8.42 Å². The minimum atomic E-state index is -3.37. The highest BCUT2D eigenvalue weighted by atomic mass is 32.2. The quantitative estimate of drug-likeness (QED) is 0.901. The summed E-state index contributed by atoms with van der Waals surface area (Å²) in [6.45, 7) is 5.45. The van der Waals surface area contributed by atoms with Crippen molar-refractivity contribution in [2.75, 3.05) is 26.2 Å². The number of hydrogen-bond donors (Lipinski definition) is 1. The second kappa shape index (κ2) is 6.24. The van der Waals surface area contributed by atoms with Crippen LogP contribution in [0.3, 0.4) is 0 Å². The first-order valence-corrected chi connectivity index (χ1v) is 8.92. The van der Waals surface area contributed by atoms with E-state index in [4.69, 9.17) is 4.42 Å². The predicted molar refractivity (Wildman–Crippen MR) is 83.0 cm³/mol. The Balaban J connectivity index is 1.64. The van der Waals surface area contributed by atoms with E-state index in [-0.39, 0.29) is 0 Å². The first kappa shape index (κ1) is 15.3. The molecule has 5 nitrogen and oxygen atoms in total. The van der Waals surface area contributed by atoms with Crippen LogP contribution in [-0.4, -0.2) is 38.9 Å². The Kier molecular flexibility index (Phi) is 4.33. The number of nitrogens with one attached hydrogen (secondary N) is 1.